The van der Waals surface area contributed by atoms with Crippen molar-refractivity contribution in [2.75, 3.05) is 18.9 Å². The standard InChI is InChI=1S/C27H25N3OS/c1-3-15-29-21-8-6-7-19(16-21)11-14-25-23-13-12-22(17-20(23)18-30-25)32-26-10-5-4-9-24(26)27(31)28-2/h4-10,12-13,16-17,29H,3,15,18H2,1-2H3,(H,28,31). The summed E-state index contributed by atoms with van der Waals surface area (Å²) in [5.41, 5.74) is 5.82. The molecule has 3 aromatic carbocycles. The van der Waals surface area contributed by atoms with Crippen molar-refractivity contribution in [3.05, 3.63) is 89.0 Å². The van der Waals surface area contributed by atoms with Crippen LogP contribution in [0.3, 0.4) is 0 Å². The van der Waals surface area contributed by atoms with E-state index in [0.29, 0.717) is 12.1 Å². The van der Waals surface area contributed by atoms with Gasteiger partial charge in [0, 0.05) is 40.2 Å². The van der Waals surface area contributed by atoms with Crippen molar-refractivity contribution in [1.82, 2.24) is 5.32 Å². The second kappa shape index (κ2) is 10.2. The summed E-state index contributed by atoms with van der Waals surface area (Å²) in [7, 11) is 1.65. The number of carbonyl (C=O) groups is 1. The van der Waals surface area contributed by atoms with Gasteiger partial charge in [-0.2, -0.15) is 0 Å². The molecule has 0 bridgehead atoms. The largest absolute Gasteiger partial charge is 0.385 e. The zero-order chi connectivity index (χ0) is 22.3. The maximum atomic E-state index is 12.2. The molecule has 0 saturated carbocycles. The maximum absolute atomic E-state index is 12.2. The van der Waals surface area contributed by atoms with E-state index in [1.54, 1.807) is 18.8 Å². The molecule has 0 aliphatic carbocycles. The fourth-order valence-electron chi connectivity index (χ4n) is 3.46. The summed E-state index contributed by atoms with van der Waals surface area (Å²) < 4.78 is 0. The van der Waals surface area contributed by atoms with E-state index in [0.717, 1.165) is 50.8 Å². The summed E-state index contributed by atoms with van der Waals surface area (Å²) in [6.07, 6.45) is 1.08. The number of nitrogens with one attached hydrogen (secondary N) is 2. The van der Waals surface area contributed by atoms with Gasteiger partial charge in [0.15, 0.2) is 0 Å². The molecule has 0 fully saturated rings. The molecule has 0 unspecified atom stereocenters. The molecule has 1 aliphatic rings. The van der Waals surface area contributed by atoms with Gasteiger partial charge in [0.05, 0.1) is 12.1 Å². The Hall–Kier alpha value is -3.49. The second-order valence-electron chi connectivity index (χ2n) is 7.42. The number of aliphatic imine (C=N–C) groups is 1. The molecule has 4 nitrogen and oxygen atoms in total. The van der Waals surface area contributed by atoms with Crippen LogP contribution in [0.1, 0.15) is 40.4 Å². The van der Waals surface area contributed by atoms with Gasteiger partial charge in [0.2, 0.25) is 0 Å². The van der Waals surface area contributed by atoms with Gasteiger partial charge in [-0.05, 0) is 60.4 Å². The highest BCUT2D eigenvalue weighted by atomic mass is 32.2. The number of nitrogens with zero attached hydrogens (tertiary/aromatic N) is 1. The van der Waals surface area contributed by atoms with E-state index in [4.69, 9.17) is 0 Å². The van der Waals surface area contributed by atoms with Crippen LogP contribution in [0.4, 0.5) is 5.69 Å². The Morgan fingerprint density at radius 3 is 2.78 bits per heavy atom. The van der Waals surface area contributed by atoms with E-state index < -0.39 is 0 Å². The second-order valence-corrected chi connectivity index (χ2v) is 8.53. The van der Waals surface area contributed by atoms with Crippen molar-refractivity contribution < 1.29 is 4.79 Å². The summed E-state index contributed by atoms with van der Waals surface area (Å²) >= 11 is 1.59. The number of hydrogen-bond acceptors (Lipinski definition) is 4. The Bertz CT molecular complexity index is 1240. The molecule has 32 heavy (non-hydrogen) atoms. The Morgan fingerprint density at radius 2 is 1.94 bits per heavy atom. The lowest BCUT2D eigenvalue weighted by Gasteiger charge is -2.09. The van der Waals surface area contributed by atoms with E-state index in [1.165, 1.54) is 0 Å². The zero-order valence-electron chi connectivity index (χ0n) is 18.2. The Morgan fingerprint density at radius 1 is 1.06 bits per heavy atom. The van der Waals surface area contributed by atoms with Crippen LogP contribution in [0.5, 0.6) is 0 Å². The van der Waals surface area contributed by atoms with Crippen molar-refractivity contribution in [3.8, 4) is 11.8 Å². The van der Waals surface area contributed by atoms with Crippen molar-refractivity contribution in [2.24, 2.45) is 4.99 Å². The van der Waals surface area contributed by atoms with Crippen molar-refractivity contribution in [1.29, 1.82) is 0 Å². The van der Waals surface area contributed by atoms with Gasteiger partial charge in [0.1, 0.15) is 5.71 Å². The van der Waals surface area contributed by atoms with Crippen LogP contribution >= 0.6 is 11.8 Å². The molecular weight excluding hydrogens is 414 g/mol. The fourth-order valence-corrected chi connectivity index (χ4v) is 4.47. The van der Waals surface area contributed by atoms with Crippen LogP contribution in [0.2, 0.25) is 0 Å². The normalized spacial score (nSPS) is 11.8. The number of benzene rings is 3. The van der Waals surface area contributed by atoms with Crippen molar-refractivity contribution >= 4 is 29.1 Å². The Kier molecular flexibility index (Phi) is 6.94. The van der Waals surface area contributed by atoms with Gasteiger partial charge >= 0.3 is 0 Å². The topological polar surface area (TPSA) is 53.5 Å². The number of fused-ring (bicyclic) bond motifs is 1. The van der Waals surface area contributed by atoms with Gasteiger partial charge in [-0.25, -0.2) is 0 Å². The van der Waals surface area contributed by atoms with Crippen LogP contribution in [0.15, 0.2) is 81.5 Å². The monoisotopic (exact) mass is 439 g/mol. The summed E-state index contributed by atoms with van der Waals surface area (Å²) in [4.78, 5) is 18.8. The predicted octanol–water partition coefficient (Wildman–Crippen LogP) is 5.37. The molecule has 0 atom stereocenters. The molecule has 0 spiro atoms. The van der Waals surface area contributed by atoms with Crippen LogP contribution in [0, 0.1) is 11.8 Å². The maximum Gasteiger partial charge on any atom is 0.252 e. The molecule has 0 aromatic heterocycles. The van der Waals surface area contributed by atoms with Crippen LogP contribution < -0.4 is 10.6 Å². The number of rotatable bonds is 6. The van der Waals surface area contributed by atoms with Crippen LogP contribution in [-0.4, -0.2) is 25.2 Å². The molecule has 4 rings (SSSR count). The highest BCUT2D eigenvalue weighted by molar-refractivity contribution is 7.99. The number of anilines is 1. The third kappa shape index (κ3) is 5.04. The molecule has 2 N–H and O–H groups in total. The van der Waals surface area contributed by atoms with Crippen molar-refractivity contribution in [3.63, 3.8) is 0 Å². The average molecular weight is 440 g/mol. The summed E-state index contributed by atoms with van der Waals surface area (Å²) in [6.45, 7) is 3.73. The molecule has 1 heterocycles. The molecular formula is C27H25N3OS. The summed E-state index contributed by atoms with van der Waals surface area (Å²) in [5, 5.41) is 6.10. The Labute approximate surface area is 193 Å². The summed E-state index contributed by atoms with van der Waals surface area (Å²) in [6, 6.07) is 22.1. The van der Waals surface area contributed by atoms with E-state index in [2.05, 4.69) is 64.7 Å². The fraction of sp³-hybridized carbons (Fsp3) is 0.185. The predicted molar refractivity (Wildman–Crippen MR) is 133 cm³/mol. The number of hydrogen-bond donors (Lipinski definition) is 2. The van der Waals surface area contributed by atoms with Gasteiger partial charge in [0.25, 0.3) is 5.91 Å². The van der Waals surface area contributed by atoms with Gasteiger partial charge in [-0.1, -0.05) is 48.9 Å². The Balaban J connectivity index is 1.51. The summed E-state index contributed by atoms with van der Waals surface area (Å²) in [5.74, 6) is 6.43. The molecule has 3 aromatic rings. The zero-order valence-corrected chi connectivity index (χ0v) is 19.1. The lowest BCUT2D eigenvalue weighted by molar-refractivity contribution is 0.0960. The lowest BCUT2D eigenvalue weighted by atomic mass is 10.1. The minimum absolute atomic E-state index is 0.0795. The van der Waals surface area contributed by atoms with Gasteiger partial charge in [-0.3, -0.25) is 9.79 Å². The quantitative estimate of drug-likeness (QED) is 0.508. The molecule has 0 saturated heterocycles. The van der Waals surface area contributed by atoms with E-state index in [1.807, 2.05) is 36.4 Å². The minimum Gasteiger partial charge on any atom is -0.385 e. The first-order valence-electron chi connectivity index (χ1n) is 10.7. The smallest absolute Gasteiger partial charge is 0.252 e. The molecule has 1 amide bonds. The molecule has 5 heteroatoms. The molecule has 1 aliphatic heterocycles. The third-order valence-corrected chi connectivity index (χ3v) is 6.16. The third-order valence-electron chi connectivity index (χ3n) is 5.09. The number of carbonyl (C=O) groups excluding carboxylic acids is 1. The first kappa shape index (κ1) is 21.7. The minimum atomic E-state index is -0.0795. The SMILES string of the molecule is CCCNc1cccc(C#CC2=NCc3cc(Sc4ccccc4C(=O)NC)ccc32)c1. The van der Waals surface area contributed by atoms with Crippen LogP contribution in [0.25, 0.3) is 0 Å². The van der Waals surface area contributed by atoms with Crippen molar-refractivity contribution in [2.45, 2.75) is 29.7 Å². The van der Waals surface area contributed by atoms with Gasteiger partial charge < -0.3 is 10.6 Å². The number of amides is 1. The highest BCUT2D eigenvalue weighted by Crippen LogP contribution is 2.33. The van der Waals surface area contributed by atoms with E-state index in [9.17, 15) is 4.79 Å². The average Bonchev–Trinajstić information content (AvgIpc) is 3.23. The lowest BCUT2D eigenvalue weighted by Crippen LogP contribution is -2.18. The highest BCUT2D eigenvalue weighted by Gasteiger charge is 2.16. The van der Waals surface area contributed by atoms with E-state index >= 15 is 0 Å². The molecule has 0 radical (unpaired) electrons. The first-order valence-corrected chi connectivity index (χ1v) is 11.5. The first-order chi connectivity index (χ1) is 15.7. The van der Waals surface area contributed by atoms with E-state index in [-0.39, 0.29) is 5.91 Å². The van der Waals surface area contributed by atoms with Crippen LogP contribution in [-0.2, 0) is 6.54 Å². The molecule has 160 valence electrons. The van der Waals surface area contributed by atoms with Gasteiger partial charge in [-0.15, -0.1) is 0 Å².